The maximum atomic E-state index is 13.0. The number of halogens is 1. The van der Waals surface area contributed by atoms with E-state index in [1.54, 1.807) is 54.1 Å². The van der Waals surface area contributed by atoms with Gasteiger partial charge in [-0.05, 0) is 48.3 Å². The smallest absolute Gasteiger partial charge is 0.245 e. The second kappa shape index (κ2) is 8.59. The summed E-state index contributed by atoms with van der Waals surface area (Å²) in [4.78, 5) is 4.69. The van der Waals surface area contributed by atoms with E-state index in [1.807, 2.05) is 24.5 Å². The van der Waals surface area contributed by atoms with Crippen molar-refractivity contribution in [3.63, 3.8) is 0 Å². The first-order chi connectivity index (χ1) is 13.4. The molecule has 4 nitrogen and oxygen atoms in total. The second-order valence-electron chi connectivity index (χ2n) is 6.31. The number of rotatable bonds is 6. The zero-order chi connectivity index (χ0) is 20.3. The van der Waals surface area contributed by atoms with Gasteiger partial charge in [-0.3, -0.25) is 0 Å². The molecule has 3 aromatic rings. The van der Waals surface area contributed by atoms with Crippen LogP contribution in [0.2, 0.25) is 0 Å². The molecule has 0 bridgehead atoms. The van der Waals surface area contributed by atoms with Crippen LogP contribution >= 0.6 is 27.3 Å². The summed E-state index contributed by atoms with van der Waals surface area (Å²) in [6, 6.07) is 8.45. The van der Waals surface area contributed by atoms with Crippen molar-refractivity contribution in [1.29, 1.82) is 0 Å². The minimum absolute atomic E-state index is 0.265. The molecule has 0 aliphatic heterocycles. The quantitative estimate of drug-likeness (QED) is 0.400. The lowest BCUT2D eigenvalue weighted by atomic mass is 10.1. The van der Waals surface area contributed by atoms with E-state index < -0.39 is 10.0 Å². The van der Waals surface area contributed by atoms with E-state index in [2.05, 4.69) is 34.8 Å². The van der Waals surface area contributed by atoms with E-state index in [0.717, 1.165) is 27.0 Å². The van der Waals surface area contributed by atoms with Gasteiger partial charge in [-0.15, -0.1) is 11.3 Å². The Hall–Kier alpha value is -1.96. The van der Waals surface area contributed by atoms with E-state index in [-0.39, 0.29) is 4.90 Å². The van der Waals surface area contributed by atoms with Crippen LogP contribution in [0.25, 0.3) is 11.6 Å². The Balaban J connectivity index is 2.05. The van der Waals surface area contributed by atoms with Crippen molar-refractivity contribution in [2.45, 2.75) is 32.1 Å². The van der Waals surface area contributed by atoms with Crippen LogP contribution < -0.4 is 0 Å². The number of benzene rings is 1. The van der Waals surface area contributed by atoms with Crippen LogP contribution in [0.1, 0.15) is 36.5 Å². The molecule has 0 N–H and O–H groups in total. The van der Waals surface area contributed by atoms with Gasteiger partial charge in [0, 0.05) is 39.1 Å². The summed E-state index contributed by atoms with van der Waals surface area (Å²) in [6.45, 7) is 6.01. The predicted molar refractivity (Wildman–Crippen MR) is 120 cm³/mol. The molecule has 7 heteroatoms. The lowest BCUT2D eigenvalue weighted by Gasteiger charge is -2.08. The van der Waals surface area contributed by atoms with Crippen molar-refractivity contribution in [2.75, 3.05) is 0 Å². The van der Waals surface area contributed by atoms with Gasteiger partial charge in [0.15, 0.2) is 0 Å². The van der Waals surface area contributed by atoms with Gasteiger partial charge in [-0.2, -0.15) is 0 Å². The van der Waals surface area contributed by atoms with Crippen molar-refractivity contribution >= 4 is 48.9 Å². The Labute approximate surface area is 178 Å². The van der Waals surface area contributed by atoms with Crippen molar-refractivity contribution < 1.29 is 8.42 Å². The number of nitrogens with zero attached hydrogens (tertiary/aromatic N) is 2. The highest BCUT2D eigenvalue weighted by Crippen LogP contribution is 2.30. The maximum absolute atomic E-state index is 13.0. The number of aromatic nitrogens is 2. The van der Waals surface area contributed by atoms with Gasteiger partial charge in [0.05, 0.1) is 4.90 Å². The third kappa shape index (κ3) is 4.06. The van der Waals surface area contributed by atoms with Crippen molar-refractivity contribution in [3.8, 4) is 0 Å². The minimum Gasteiger partial charge on any atom is -0.245 e. The second-order valence-corrected chi connectivity index (χ2v) is 9.87. The highest BCUT2D eigenvalue weighted by atomic mass is 79.9. The summed E-state index contributed by atoms with van der Waals surface area (Å²) >= 11 is 5.11. The average Bonchev–Trinajstić information content (AvgIpc) is 3.32. The van der Waals surface area contributed by atoms with Gasteiger partial charge in [0.1, 0.15) is 5.01 Å². The number of hydrogen-bond acceptors (Lipinski definition) is 4. The highest BCUT2D eigenvalue weighted by molar-refractivity contribution is 9.10. The first kappa shape index (κ1) is 20.8. The van der Waals surface area contributed by atoms with E-state index in [9.17, 15) is 8.42 Å². The molecule has 0 radical (unpaired) electrons. The topological polar surface area (TPSA) is 52.0 Å². The van der Waals surface area contributed by atoms with Crippen LogP contribution in [0, 0.1) is 6.92 Å². The van der Waals surface area contributed by atoms with Gasteiger partial charge in [-0.25, -0.2) is 17.4 Å². The molecule has 0 fully saturated rings. The number of allylic oxidation sites excluding steroid dienone is 3. The largest absolute Gasteiger partial charge is 0.267 e. The Morgan fingerprint density at radius 2 is 2.00 bits per heavy atom. The van der Waals surface area contributed by atoms with E-state index >= 15 is 0 Å². The lowest BCUT2D eigenvalue weighted by Crippen LogP contribution is -2.13. The molecule has 0 amide bonds. The minimum atomic E-state index is -3.64. The van der Waals surface area contributed by atoms with Crippen LogP contribution in [0.4, 0.5) is 0 Å². The number of hydrogen-bond donors (Lipinski definition) is 0. The molecule has 2 heterocycles. The molecule has 146 valence electrons. The third-order valence-electron chi connectivity index (χ3n) is 4.58. The third-order valence-corrected chi connectivity index (χ3v) is 7.78. The van der Waals surface area contributed by atoms with Gasteiger partial charge in [-0.1, -0.05) is 42.8 Å². The highest BCUT2D eigenvalue weighted by Gasteiger charge is 2.21. The standard InChI is InChI=1S/C21H21BrN2O2S2/c1-4-15(2)18(21-23-12-13-27-21)10-11-19-16(3)24(14-20(19)22)28(25,26)17-8-6-5-7-9-17/h5-14H,4H2,1-3H3/b11-10-,18-15-. The molecular formula is C21H21BrN2O2S2. The van der Waals surface area contributed by atoms with E-state index in [1.165, 1.54) is 9.55 Å². The SMILES string of the molecule is CC/C(C)=C(/C=C\c1c(Br)cn(S(=O)(=O)c2ccccc2)c1C)c1nccs1. The van der Waals surface area contributed by atoms with Crippen LogP contribution in [0.5, 0.6) is 0 Å². The van der Waals surface area contributed by atoms with Crippen LogP contribution in [0.3, 0.4) is 0 Å². The fourth-order valence-electron chi connectivity index (χ4n) is 2.83. The van der Waals surface area contributed by atoms with Gasteiger partial charge < -0.3 is 0 Å². The molecule has 0 spiro atoms. The monoisotopic (exact) mass is 476 g/mol. The van der Waals surface area contributed by atoms with Gasteiger partial charge in [0.2, 0.25) is 0 Å². The Morgan fingerprint density at radius 1 is 1.29 bits per heavy atom. The Morgan fingerprint density at radius 3 is 2.61 bits per heavy atom. The number of thiazole rings is 1. The van der Waals surface area contributed by atoms with E-state index in [4.69, 9.17) is 0 Å². The average molecular weight is 477 g/mol. The summed E-state index contributed by atoms with van der Waals surface area (Å²) < 4.78 is 28.1. The summed E-state index contributed by atoms with van der Waals surface area (Å²) in [5, 5.41) is 2.91. The van der Waals surface area contributed by atoms with Gasteiger partial charge in [0.25, 0.3) is 10.0 Å². The summed E-state index contributed by atoms with van der Waals surface area (Å²) in [7, 11) is -3.64. The summed E-state index contributed by atoms with van der Waals surface area (Å²) in [6.07, 6.45) is 8.29. The van der Waals surface area contributed by atoms with Crippen molar-refractivity contribution in [3.05, 3.63) is 80.5 Å². The molecule has 2 aromatic heterocycles. The molecule has 0 saturated carbocycles. The molecule has 0 aliphatic rings. The van der Waals surface area contributed by atoms with Crippen molar-refractivity contribution in [2.24, 2.45) is 0 Å². The molecule has 0 atom stereocenters. The zero-order valence-electron chi connectivity index (χ0n) is 15.9. The lowest BCUT2D eigenvalue weighted by molar-refractivity contribution is 0.586. The molecule has 28 heavy (non-hydrogen) atoms. The normalized spacial score (nSPS) is 13.1. The molecule has 3 rings (SSSR count). The Kier molecular flexibility index (Phi) is 6.37. The molecule has 0 saturated heterocycles. The molecule has 1 aromatic carbocycles. The first-order valence-electron chi connectivity index (χ1n) is 8.82. The predicted octanol–water partition coefficient (Wildman–Crippen LogP) is 6.15. The van der Waals surface area contributed by atoms with E-state index in [0.29, 0.717) is 5.69 Å². The first-order valence-corrected chi connectivity index (χ1v) is 11.9. The Bertz CT molecular complexity index is 1130. The summed E-state index contributed by atoms with van der Waals surface area (Å²) in [5.41, 5.74) is 3.79. The molecule has 0 aliphatic carbocycles. The molecule has 0 unspecified atom stereocenters. The van der Waals surface area contributed by atoms with Crippen LogP contribution in [-0.2, 0) is 10.0 Å². The molecular weight excluding hydrogens is 456 g/mol. The fourth-order valence-corrected chi connectivity index (χ4v) is 5.76. The maximum Gasteiger partial charge on any atom is 0.267 e. The van der Waals surface area contributed by atoms with Crippen LogP contribution in [0.15, 0.2) is 69.1 Å². The summed E-state index contributed by atoms with van der Waals surface area (Å²) in [5.74, 6) is 0. The fraction of sp³-hybridized carbons (Fsp3) is 0.190. The zero-order valence-corrected chi connectivity index (χ0v) is 19.1. The van der Waals surface area contributed by atoms with Crippen molar-refractivity contribution in [1.82, 2.24) is 8.96 Å². The van der Waals surface area contributed by atoms with Gasteiger partial charge >= 0.3 is 0 Å². The van der Waals surface area contributed by atoms with Crippen LogP contribution in [-0.4, -0.2) is 17.4 Å².